The number of amides is 1. The first-order chi connectivity index (χ1) is 11.3. The summed E-state index contributed by atoms with van der Waals surface area (Å²) in [4.78, 5) is 25.9. The van der Waals surface area contributed by atoms with E-state index < -0.39 is 16.4 Å². The summed E-state index contributed by atoms with van der Waals surface area (Å²) in [5.41, 5.74) is -1.46. The summed E-state index contributed by atoms with van der Waals surface area (Å²) in [7, 11) is 0. The van der Waals surface area contributed by atoms with Crippen LogP contribution in [0.1, 0.15) is 80.6 Å². The van der Waals surface area contributed by atoms with Crippen molar-refractivity contribution in [1.82, 2.24) is 5.32 Å². The highest BCUT2D eigenvalue weighted by Gasteiger charge is 2.76. The van der Waals surface area contributed by atoms with Gasteiger partial charge in [-0.2, -0.15) is 0 Å². The molecule has 1 amide bonds. The molecule has 1 aliphatic heterocycles. The van der Waals surface area contributed by atoms with Crippen molar-refractivity contribution in [3.05, 3.63) is 0 Å². The Hall–Kier alpha value is -1.06. The second-order valence-electron chi connectivity index (χ2n) is 11.0. The molecule has 25 heavy (non-hydrogen) atoms. The predicted octanol–water partition coefficient (Wildman–Crippen LogP) is 3.83. The molecule has 0 aromatic heterocycles. The van der Waals surface area contributed by atoms with Crippen molar-refractivity contribution < 1.29 is 14.3 Å². The van der Waals surface area contributed by atoms with Crippen molar-refractivity contribution in [2.45, 2.75) is 92.2 Å². The van der Waals surface area contributed by atoms with Gasteiger partial charge in [0.05, 0.1) is 5.41 Å². The van der Waals surface area contributed by atoms with Gasteiger partial charge in [0.2, 0.25) is 0 Å². The van der Waals surface area contributed by atoms with Gasteiger partial charge in [0, 0.05) is 11.5 Å². The summed E-state index contributed by atoms with van der Waals surface area (Å²) in [5, 5.41) is 3.37. The maximum Gasteiger partial charge on any atom is 0.313 e. The van der Waals surface area contributed by atoms with Crippen molar-refractivity contribution in [1.29, 1.82) is 0 Å². The molecule has 0 radical (unpaired) electrons. The Labute approximate surface area is 151 Å². The Morgan fingerprint density at radius 1 is 0.960 bits per heavy atom. The zero-order valence-corrected chi connectivity index (χ0v) is 16.8. The SMILES string of the molecule is CC1(C)[C@]2(C)CC[C@@]1(C)[C@@H](NC(=O)[C@@]13CC[C@@](C)(C(=O)O1)C3(C)C)C2. The minimum absolute atomic E-state index is 0.0646. The fraction of sp³-hybridized carbons (Fsp3) is 0.905. The molecule has 4 nitrogen and oxygen atoms in total. The highest BCUT2D eigenvalue weighted by Crippen LogP contribution is 2.72. The molecule has 4 rings (SSSR count). The standard InChI is InChI=1S/C21H33NO3/c1-16(2)18(5)8-9-19(16,6)13(12-18)22-14(23)21-11-10-20(7,15(24)25-21)17(21,3)4/h13H,8-12H2,1-7H3,(H,22,23)/t13-,18+,19-,20-,21+/m0/s1. The van der Waals surface area contributed by atoms with Gasteiger partial charge >= 0.3 is 5.97 Å². The second kappa shape index (κ2) is 4.26. The van der Waals surface area contributed by atoms with Gasteiger partial charge in [-0.15, -0.1) is 0 Å². The van der Waals surface area contributed by atoms with Gasteiger partial charge in [0.15, 0.2) is 5.60 Å². The Morgan fingerprint density at radius 3 is 2.00 bits per heavy atom. The number of ether oxygens (including phenoxy) is 1. The van der Waals surface area contributed by atoms with E-state index in [9.17, 15) is 9.59 Å². The first-order valence-corrected chi connectivity index (χ1v) is 9.82. The Morgan fingerprint density at radius 2 is 1.60 bits per heavy atom. The molecule has 1 N–H and O–H groups in total. The molecule has 1 heterocycles. The monoisotopic (exact) mass is 347 g/mol. The molecule has 4 fully saturated rings. The van der Waals surface area contributed by atoms with E-state index in [2.05, 4.69) is 33.0 Å². The number of hydrogen-bond donors (Lipinski definition) is 1. The number of rotatable bonds is 2. The van der Waals surface area contributed by atoms with Crippen molar-refractivity contribution in [2.24, 2.45) is 27.1 Å². The van der Waals surface area contributed by atoms with Crippen LogP contribution >= 0.6 is 0 Å². The summed E-state index contributed by atoms with van der Waals surface area (Å²) < 4.78 is 5.78. The molecule has 0 aromatic rings. The van der Waals surface area contributed by atoms with Crippen LogP contribution in [-0.2, 0) is 14.3 Å². The molecule has 5 atom stereocenters. The molecule has 3 saturated carbocycles. The second-order valence-corrected chi connectivity index (χ2v) is 11.0. The van der Waals surface area contributed by atoms with Crippen molar-refractivity contribution in [3.63, 3.8) is 0 Å². The van der Waals surface area contributed by atoms with Crippen LogP contribution in [-0.4, -0.2) is 23.5 Å². The lowest BCUT2D eigenvalue weighted by molar-refractivity contribution is -0.169. The average molecular weight is 347 g/mol. The van der Waals surface area contributed by atoms with E-state index in [1.54, 1.807) is 0 Å². The van der Waals surface area contributed by atoms with Crippen LogP contribution in [0.3, 0.4) is 0 Å². The molecular weight excluding hydrogens is 314 g/mol. The van der Waals surface area contributed by atoms with Crippen molar-refractivity contribution in [2.75, 3.05) is 0 Å². The Kier molecular flexibility index (Phi) is 2.95. The molecule has 0 aromatic carbocycles. The number of esters is 1. The summed E-state index contributed by atoms with van der Waals surface area (Å²) in [6.07, 6.45) is 4.77. The van der Waals surface area contributed by atoms with E-state index in [1.807, 2.05) is 20.8 Å². The van der Waals surface area contributed by atoms with Gasteiger partial charge in [-0.1, -0.05) is 41.5 Å². The summed E-state index contributed by atoms with van der Waals surface area (Å²) in [6, 6.07) is 0.157. The first kappa shape index (κ1) is 17.4. The van der Waals surface area contributed by atoms with Crippen molar-refractivity contribution >= 4 is 11.9 Å². The summed E-state index contributed by atoms with van der Waals surface area (Å²) in [6.45, 7) is 15.4. The topological polar surface area (TPSA) is 55.4 Å². The molecule has 0 unspecified atom stereocenters. The van der Waals surface area contributed by atoms with E-state index in [0.717, 1.165) is 19.3 Å². The molecule has 4 aliphatic rings. The first-order valence-electron chi connectivity index (χ1n) is 9.82. The van der Waals surface area contributed by atoms with Gasteiger partial charge in [0.25, 0.3) is 5.91 Å². The lowest BCUT2D eigenvalue weighted by Gasteiger charge is -2.42. The van der Waals surface area contributed by atoms with Crippen LogP contribution in [0.2, 0.25) is 0 Å². The zero-order valence-electron chi connectivity index (χ0n) is 16.8. The summed E-state index contributed by atoms with van der Waals surface area (Å²) >= 11 is 0. The molecule has 4 heteroatoms. The fourth-order valence-corrected chi connectivity index (χ4v) is 6.73. The quantitative estimate of drug-likeness (QED) is 0.772. The summed E-state index contributed by atoms with van der Waals surface area (Å²) in [5.74, 6) is -0.268. The smallest absolute Gasteiger partial charge is 0.313 e. The van der Waals surface area contributed by atoms with E-state index in [1.165, 1.54) is 6.42 Å². The van der Waals surface area contributed by atoms with Gasteiger partial charge in [-0.3, -0.25) is 9.59 Å². The van der Waals surface area contributed by atoms with Crippen molar-refractivity contribution in [3.8, 4) is 0 Å². The van der Waals surface area contributed by atoms with Gasteiger partial charge in [0.1, 0.15) is 0 Å². The largest absolute Gasteiger partial charge is 0.448 e. The van der Waals surface area contributed by atoms with Crippen LogP contribution < -0.4 is 5.32 Å². The third kappa shape index (κ3) is 1.54. The maximum atomic E-state index is 13.4. The minimum atomic E-state index is -0.998. The van der Waals surface area contributed by atoms with E-state index >= 15 is 0 Å². The molecule has 140 valence electrons. The number of carbonyl (C=O) groups is 2. The highest BCUT2D eigenvalue weighted by atomic mass is 16.6. The highest BCUT2D eigenvalue weighted by molar-refractivity contribution is 5.96. The average Bonchev–Trinajstić information content (AvgIpc) is 2.94. The van der Waals surface area contributed by atoms with Crippen LogP contribution in [0.4, 0.5) is 0 Å². The minimum Gasteiger partial charge on any atom is -0.448 e. The Balaban J connectivity index is 1.64. The van der Waals surface area contributed by atoms with E-state index in [4.69, 9.17) is 4.74 Å². The van der Waals surface area contributed by atoms with E-state index in [0.29, 0.717) is 6.42 Å². The molecular formula is C21H33NO3. The normalized spacial score (nSPS) is 51.6. The Bertz CT molecular complexity index is 683. The number of carbonyl (C=O) groups excluding carboxylic acids is 2. The molecule has 3 aliphatic carbocycles. The molecule has 1 saturated heterocycles. The van der Waals surface area contributed by atoms with Gasteiger partial charge in [-0.25, -0.2) is 0 Å². The van der Waals surface area contributed by atoms with Crippen LogP contribution in [0.15, 0.2) is 0 Å². The lowest BCUT2D eigenvalue weighted by Crippen LogP contribution is -2.58. The number of fused-ring (bicyclic) bond motifs is 4. The van der Waals surface area contributed by atoms with E-state index in [-0.39, 0.29) is 34.2 Å². The third-order valence-corrected chi connectivity index (χ3v) is 10.3. The van der Waals surface area contributed by atoms with Gasteiger partial charge in [-0.05, 0) is 55.3 Å². The molecule has 0 spiro atoms. The van der Waals surface area contributed by atoms with Crippen LogP contribution in [0.5, 0.6) is 0 Å². The van der Waals surface area contributed by atoms with Crippen LogP contribution in [0, 0.1) is 27.1 Å². The third-order valence-electron chi connectivity index (χ3n) is 10.3. The lowest BCUT2D eigenvalue weighted by atomic mass is 9.65. The van der Waals surface area contributed by atoms with Gasteiger partial charge < -0.3 is 10.1 Å². The molecule has 4 bridgehead atoms. The predicted molar refractivity (Wildman–Crippen MR) is 95.7 cm³/mol. The zero-order chi connectivity index (χ0) is 18.7. The fourth-order valence-electron chi connectivity index (χ4n) is 6.73. The number of hydrogen-bond acceptors (Lipinski definition) is 3. The van der Waals surface area contributed by atoms with Crippen LogP contribution in [0.25, 0.3) is 0 Å². The maximum absolute atomic E-state index is 13.4. The number of nitrogens with one attached hydrogen (secondary N) is 1.